The van der Waals surface area contributed by atoms with Gasteiger partial charge in [-0.3, -0.25) is 9.59 Å². The third-order valence-electron chi connectivity index (χ3n) is 5.88. The number of aliphatic hydroxyl groups is 2. The Kier molecular flexibility index (Phi) is 6.13. The molecule has 1 aliphatic heterocycles. The van der Waals surface area contributed by atoms with Crippen LogP contribution in [0.3, 0.4) is 0 Å². The minimum Gasteiger partial charge on any atom is -0.506 e. The number of Topliss-reactive ketones (excluding diaryl/α,β-unsaturated/α-hetero) is 1. The maximum absolute atomic E-state index is 13.8. The molecule has 1 aromatic rings. The number of ketones is 2. The second-order valence-corrected chi connectivity index (χ2v) is 8.30. The largest absolute Gasteiger partial charge is 0.506 e. The topological polar surface area (TPSA) is 83.8 Å². The molecular formula is C25H28O5. The molecule has 2 aliphatic rings. The lowest BCUT2D eigenvalue weighted by atomic mass is 9.65. The van der Waals surface area contributed by atoms with E-state index in [2.05, 4.69) is 0 Å². The Hall–Kier alpha value is -2.92. The van der Waals surface area contributed by atoms with E-state index in [1.54, 1.807) is 25.1 Å². The number of hydrogen-bond acceptors (Lipinski definition) is 5. The molecule has 158 valence electrons. The number of carbonyl (C=O) groups excluding carboxylic acids is 2. The standard InChI is InChI=1S/C25H28O5/c1-15(2)8-10-25-11-9-16(3)14-30-20-7-5-6-18(13-26)21(20)23(28)22(24(25)29)19(27)12-17(25)4/h5-9,12,26,28H,10-11,13-14H2,1-4H3/b16-9-,23-22+. The van der Waals surface area contributed by atoms with Crippen LogP contribution in [0.15, 0.2) is 58.7 Å². The molecule has 0 saturated heterocycles. The molecule has 0 radical (unpaired) electrons. The Bertz CT molecular complexity index is 1020. The molecule has 0 saturated carbocycles. The summed E-state index contributed by atoms with van der Waals surface area (Å²) in [7, 11) is 0. The van der Waals surface area contributed by atoms with Crippen molar-refractivity contribution >= 4 is 17.3 Å². The summed E-state index contributed by atoms with van der Waals surface area (Å²) in [5.41, 5.74) is 2.08. The van der Waals surface area contributed by atoms with Crippen molar-refractivity contribution in [2.24, 2.45) is 5.41 Å². The molecule has 1 aromatic carbocycles. The Labute approximate surface area is 177 Å². The van der Waals surface area contributed by atoms with Crippen molar-refractivity contribution in [3.63, 3.8) is 0 Å². The van der Waals surface area contributed by atoms with E-state index in [0.29, 0.717) is 29.7 Å². The predicted octanol–water partition coefficient (Wildman–Crippen LogP) is 4.62. The average Bonchev–Trinajstić information content (AvgIpc) is 2.71. The fourth-order valence-corrected chi connectivity index (χ4v) is 3.95. The number of carbonyl (C=O) groups is 2. The van der Waals surface area contributed by atoms with Crippen molar-refractivity contribution < 1.29 is 24.5 Å². The second-order valence-electron chi connectivity index (χ2n) is 8.30. The van der Waals surface area contributed by atoms with Crippen LogP contribution >= 0.6 is 0 Å². The summed E-state index contributed by atoms with van der Waals surface area (Å²) in [6.07, 6.45) is 6.25. The highest BCUT2D eigenvalue weighted by Gasteiger charge is 2.46. The molecule has 2 N–H and O–H groups in total. The second kappa shape index (κ2) is 8.44. The summed E-state index contributed by atoms with van der Waals surface area (Å²) in [5.74, 6) is -1.04. The summed E-state index contributed by atoms with van der Waals surface area (Å²) >= 11 is 0. The number of aliphatic hydroxyl groups excluding tert-OH is 2. The average molecular weight is 408 g/mol. The van der Waals surface area contributed by atoms with E-state index in [-0.39, 0.29) is 24.4 Å². The number of ether oxygens (including phenoxy) is 1. The summed E-state index contributed by atoms with van der Waals surface area (Å²) in [6.45, 7) is 7.56. The molecule has 5 heteroatoms. The van der Waals surface area contributed by atoms with Crippen molar-refractivity contribution in [2.75, 3.05) is 6.61 Å². The highest BCUT2D eigenvalue weighted by atomic mass is 16.5. The zero-order valence-corrected chi connectivity index (χ0v) is 17.9. The van der Waals surface area contributed by atoms with E-state index < -0.39 is 22.7 Å². The van der Waals surface area contributed by atoms with Gasteiger partial charge in [-0.2, -0.15) is 0 Å². The van der Waals surface area contributed by atoms with Gasteiger partial charge in [0.05, 0.1) is 17.6 Å². The van der Waals surface area contributed by atoms with Crippen LogP contribution in [-0.2, 0) is 16.2 Å². The summed E-state index contributed by atoms with van der Waals surface area (Å²) in [5, 5.41) is 21.0. The normalized spacial score (nSPS) is 25.9. The molecule has 1 unspecified atom stereocenters. The molecule has 1 aliphatic carbocycles. The van der Waals surface area contributed by atoms with Crippen molar-refractivity contribution in [1.29, 1.82) is 0 Å². The number of benzene rings is 1. The van der Waals surface area contributed by atoms with E-state index in [4.69, 9.17) is 4.74 Å². The van der Waals surface area contributed by atoms with E-state index in [0.717, 1.165) is 11.1 Å². The highest BCUT2D eigenvalue weighted by Crippen LogP contribution is 2.45. The van der Waals surface area contributed by atoms with Gasteiger partial charge in [-0.15, -0.1) is 0 Å². The predicted molar refractivity (Wildman–Crippen MR) is 116 cm³/mol. The fourth-order valence-electron chi connectivity index (χ4n) is 3.95. The lowest BCUT2D eigenvalue weighted by Crippen LogP contribution is -2.39. The summed E-state index contributed by atoms with van der Waals surface area (Å²) in [6, 6.07) is 5.00. The van der Waals surface area contributed by atoms with Gasteiger partial charge in [-0.1, -0.05) is 35.4 Å². The maximum atomic E-state index is 13.8. The molecule has 5 nitrogen and oxygen atoms in total. The minimum absolute atomic E-state index is 0.190. The van der Waals surface area contributed by atoms with E-state index in [9.17, 15) is 19.8 Å². The fraction of sp³-hybridized carbons (Fsp3) is 0.360. The van der Waals surface area contributed by atoms with Gasteiger partial charge in [-0.05, 0) is 63.8 Å². The van der Waals surface area contributed by atoms with Crippen LogP contribution in [0.25, 0.3) is 5.76 Å². The van der Waals surface area contributed by atoms with Crippen molar-refractivity contribution in [3.05, 3.63) is 69.8 Å². The van der Waals surface area contributed by atoms with E-state index >= 15 is 0 Å². The highest BCUT2D eigenvalue weighted by molar-refractivity contribution is 6.32. The third kappa shape index (κ3) is 3.77. The molecular weight excluding hydrogens is 380 g/mol. The Morgan fingerprint density at radius 2 is 1.97 bits per heavy atom. The van der Waals surface area contributed by atoms with Gasteiger partial charge in [0.2, 0.25) is 0 Å². The van der Waals surface area contributed by atoms with Crippen LogP contribution in [0.4, 0.5) is 0 Å². The Morgan fingerprint density at radius 3 is 2.63 bits per heavy atom. The van der Waals surface area contributed by atoms with Gasteiger partial charge in [0.15, 0.2) is 11.6 Å². The molecule has 0 spiro atoms. The molecule has 30 heavy (non-hydrogen) atoms. The molecule has 0 aromatic heterocycles. The number of hydrogen-bond donors (Lipinski definition) is 2. The maximum Gasteiger partial charge on any atom is 0.193 e. The van der Waals surface area contributed by atoms with E-state index in [1.165, 1.54) is 6.08 Å². The first-order chi connectivity index (χ1) is 14.2. The molecule has 1 heterocycles. The van der Waals surface area contributed by atoms with Crippen LogP contribution in [-0.4, -0.2) is 28.4 Å². The minimum atomic E-state index is -0.950. The summed E-state index contributed by atoms with van der Waals surface area (Å²) < 4.78 is 5.90. The number of fused-ring (bicyclic) bond motifs is 3. The molecule has 2 bridgehead atoms. The number of allylic oxidation sites excluding steroid dienone is 6. The van der Waals surface area contributed by atoms with Gasteiger partial charge < -0.3 is 14.9 Å². The van der Waals surface area contributed by atoms with Gasteiger partial charge in [0.25, 0.3) is 0 Å². The van der Waals surface area contributed by atoms with Crippen LogP contribution in [0.2, 0.25) is 0 Å². The first-order valence-corrected chi connectivity index (χ1v) is 10.1. The smallest absolute Gasteiger partial charge is 0.193 e. The van der Waals surface area contributed by atoms with Gasteiger partial charge in [-0.25, -0.2) is 0 Å². The Morgan fingerprint density at radius 1 is 1.23 bits per heavy atom. The van der Waals surface area contributed by atoms with Crippen LogP contribution in [0.1, 0.15) is 51.7 Å². The van der Waals surface area contributed by atoms with Crippen LogP contribution < -0.4 is 4.74 Å². The Balaban J connectivity index is 2.36. The third-order valence-corrected chi connectivity index (χ3v) is 5.88. The molecule has 0 amide bonds. The quantitative estimate of drug-likeness (QED) is 0.563. The zero-order valence-electron chi connectivity index (χ0n) is 17.9. The lowest BCUT2D eigenvalue weighted by Gasteiger charge is -2.35. The molecule has 3 rings (SSSR count). The van der Waals surface area contributed by atoms with Gasteiger partial charge in [0, 0.05) is 0 Å². The monoisotopic (exact) mass is 408 g/mol. The van der Waals surface area contributed by atoms with Gasteiger partial charge >= 0.3 is 0 Å². The van der Waals surface area contributed by atoms with Crippen molar-refractivity contribution in [2.45, 2.75) is 47.1 Å². The zero-order chi connectivity index (χ0) is 22.1. The van der Waals surface area contributed by atoms with Crippen molar-refractivity contribution in [3.8, 4) is 5.75 Å². The van der Waals surface area contributed by atoms with Crippen LogP contribution in [0.5, 0.6) is 5.75 Å². The molecule has 0 fully saturated rings. The first-order valence-electron chi connectivity index (χ1n) is 10.1. The van der Waals surface area contributed by atoms with E-state index in [1.807, 2.05) is 32.9 Å². The summed E-state index contributed by atoms with van der Waals surface area (Å²) in [4.78, 5) is 26.7. The molecule has 1 atom stereocenters. The van der Waals surface area contributed by atoms with Gasteiger partial charge in [0.1, 0.15) is 23.7 Å². The first kappa shape index (κ1) is 21.8. The van der Waals surface area contributed by atoms with Crippen molar-refractivity contribution in [1.82, 2.24) is 0 Å². The SMILES string of the molecule is CC(C)=CCC12C/C=C(/C)COc3cccc(CO)c3/C(O)=C(/C(=O)C=C1C)C2=O. The number of rotatable bonds is 3. The van der Waals surface area contributed by atoms with Crippen LogP contribution in [0, 0.1) is 5.41 Å². The lowest BCUT2D eigenvalue weighted by molar-refractivity contribution is -0.126.